The van der Waals surface area contributed by atoms with E-state index in [9.17, 15) is 24.9 Å². The minimum absolute atomic E-state index is 0.0332. The van der Waals surface area contributed by atoms with Crippen LogP contribution in [0.4, 0.5) is 0 Å². The Hall–Kier alpha value is -2.12. The van der Waals surface area contributed by atoms with Crippen LogP contribution in [0.1, 0.15) is 106 Å². The van der Waals surface area contributed by atoms with Crippen molar-refractivity contribution >= 4 is 11.9 Å². The molecular formula is C40H58O11. The second-order valence-corrected chi connectivity index (χ2v) is 17.7. The number of allylic oxidation sites excluding steroid dienone is 1. The van der Waals surface area contributed by atoms with Gasteiger partial charge in [-0.3, -0.25) is 9.59 Å². The zero-order chi connectivity index (χ0) is 36.9. The molecule has 7 fully saturated rings. The van der Waals surface area contributed by atoms with Gasteiger partial charge in [0.1, 0.15) is 30.0 Å². The first-order valence-electron chi connectivity index (χ1n) is 19.1. The smallest absolute Gasteiger partial charge is 0.314 e. The highest BCUT2D eigenvalue weighted by molar-refractivity contribution is 5.77. The van der Waals surface area contributed by atoms with Gasteiger partial charge in [-0.15, -0.1) is 0 Å². The minimum atomic E-state index is -1.14. The van der Waals surface area contributed by atoms with Crippen LogP contribution in [0, 0.1) is 28.6 Å². The Morgan fingerprint density at radius 2 is 1.88 bits per heavy atom. The fourth-order valence-corrected chi connectivity index (χ4v) is 9.80. The Balaban J connectivity index is 1.19. The maximum Gasteiger partial charge on any atom is 0.314 e. The lowest BCUT2D eigenvalue weighted by Crippen LogP contribution is -2.62. The molecule has 11 nitrogen and oxygen atoms in total. The Morgan fingerprint density at radius 1 is 1.14 bits per heavy atom. The lowest BCUT2D eigenvalue weighted by Gasteiger charge is -2.61. The third-order valence-electron chi connectivity index (χ3n) is 13.7. The molecule has 51 heavy (non-hydrogen) atoms. The van der Waals surface area contributed by atoms with Crippen molar-refractivity contribution in [1.82, 2.24) is 0 Å². The van der Waals surface area contributed by atoms with Gasteiger partial charge in [0.2, 0.25) is 5.79 Å². The molecule has 8 aliphatic rings. The van der Waals surface area contributed by atoms with Gasteiger partial charge in [0.15, 0.2) is 6.29 Å². The van der Waals surface area contributed by atoms with Gasteiger partial charge in [0.25, 0.3) is 0 Å². The summed E-state index contributed by atoms with van der Waals surface area (Å²) in [4.78, 5) is 26.0. The van der Waals surface area contributed by atoms with E-state index in [1.54, 1.807) is 20.8 Å². The van der Waals surface area contributed by atoms with Gasteiger partial charge in [0, 0.05) is 24.7 Å². The number of hydrogen-bond acceptors (Lipinski definition) is 11. The normalized spacial score (nSPS) is 44.4. The molecule has 13 atom stereocenters. The highest BCUT2D eigenvalue weighted by Crippen LogP contribution is 2.71. The number of esters is 2. The molecule has 8 rings (SSSR count). The van der Waals surface area contributed by atoms with Crippen molar-refractivity contribution in [3.63, 3.8) is 0 Å². The molecule has 4 saturated heterocycles. The van der Waals surface area contributed by atoms with Crippen LogP contribution < -0.4 is 0 Å². The fourth-order valence-electron chi connectivity index (χ4n) is 9.80. The summed E-state index contributed by atoms with van der Waals surface area (Å²) in [5, 5.41) is 32.9. The monoisotopic (exact) mass is 714 g/mol. The van der Waals surface area contributed by atoms with Gasteiger partial charge in [-0.05, 0) is 88.9 Å². The van der Waals surface area contributed by atoms with Crippen molar-refractivity contribution in [3.05, 3.63) is 35.5 Å². The maximum atomic E-state index is 13.2. The molecule has 0 aromatic rings. The van der Waals surface area contributed by atoms with Crippen LogP contribution in [0.5, 0.6) is 0 Å². The predicted molar refractivity (Wildman–Crippen MR) is 185 cm³/mol. The average Bonchev–Trinajstić information content (AvgIpc) is 3.59. The molecular weight excluding hydrogens is 656 g/mol. The van der Waals surface area contributed by atoms with Crippen LogP contribution in [0.15, 0.2) is 35.5 Å². The largest absolute Gasteiger partial charge is 0.457 e. The van der Waals surface area contributed by atoms with Gasteiger partial charge in [-0.2, -0.15) is 0 Å². The van der Waals surface area contributed by atoms with Gasteiger partial charge in [0.05, 0.1) is 35.7 Å². The fraction of sp³-hybridized carbons (Fsp3) is 0.800. The molecule has 4 aliphatic carbocycles. The van der Waals surface area contributed by atoms with Crippen LogP contribution in [-0.4, -0.2) is 93.8 Å². The number of aliphatic hydroxyl groups excluding tert-OH is 3. The Labute approximate surface area is 301 Å². The Bertz CT molecular complexity index is 1500. The molecule has 3 N–H and O–H groups in total. The number of epoxide rings is 1. The molecule has 0 amide bonds. The van der Waals surface area contributed by atoms with Crippen LogP contribution in [-0.2, 0) is 38.0 Å². The number of ether oxygens (including phenoxy) is 6. The summed E-state index contributed by atoms with van der Waals surface area (Å²) in [6.45, 7) is 17.2. The third kappa shape index (κ3) is 5.79. The summed E-state index contributed by atoms with van der Waals surface area (Å²) in [5.41, 5.74) is -1.11. The highest BCUT2D eigenvalue weighted by atomic mass is 16.8. The highest BCUT2D eigenvalue weighted by Gasteiger charge is 2.75. The van der Waals surface area contributed by atoms with Crippen LogP contribution in [0.25, 0.3) is 0 Å². The van der Waals surface area contributed by atoms with E-state index in [1.807, 2.05) is 26.8 Å². The molecule has 0 aromatic heterocycles. The standard InChI is InChI=1S/C40H58O11/c1-9-10-11-12-13-14-25-26(31-40(32(49-40)30(25)43)18-29(42)37(7,8)48-31)19-46-35-39(20-38(51-35)17-21(2)33(44)50-38)24-15-27(39)22(3)28(16-24)47-34(45)36(5,6)23(4)41/h13-14,21,23-24,27-32,35,41-43H,3,9-12,15-20H2,1-2,4-8H3/b14-13+/t21-,23-,24+,27-,28-,29-,30+,31-,32-,35-,38+,39-,40+/m0/s1. The van der Waals surface area contributed by atoms with E-state index in [1.165, 1.54) is 0 Å². The van der Waals surface area contributed by atoms with Gasteiger partial charge >= 0.3 is 11.9 Å². The minimum Gasteiger partial charge on any atom is -0.457 e. The van der Waals surface area contributed by atoms with Gasteiger partial charge in [-0.25, -0.2) is 0 Å². The number of fused-ring (bicyclic) bond motifs is 2. The van der Waals surface area contributed by atoms with Crippen LogP contribution in [0.3, 0.4) is 0 Å². The molecule has 3 saturated carbocycles. The zero-order valence-corrected chi connectivity index (χ0v) is 31.3. The third-order valence-corrected chi connectivity index (χ3v) is 13.7. The summed E-state index contributed by atoms with van der Waals surface area (Å²) in [5.74, 6) is -2.32. The van der Waals surface area contributed by atoms with Crippen molar-refractivity contribution < 1.29 is 53.3 Å². The number of aliphatic hydroxyl groups is 3. The van der Waals surface area contributed by atoms with Crippen LogP contribution >= 0.6 is 0 Å². The first-order chi connectivity index (χ1) is 23.9. The molecule has 0 radical (unpaired) electrons. The van der Waals surface area contributed by atoms with E-state index in [0.29, 0.717) is 31.3 Å². The summed E-state index contributed by atoms with van der Waals surface area (Å²) in [6.07, 6.45) is 5.83. The van der Waals surface area contributed by atoms with Crippen LogP contribution in [0.2, 0.25) is 0 Å². The van der Waals surface area contributed by atoms with E-state index in [0.717, 1.165) is 43.3 Å². The average molecular weight is 715 g/mol. The zero-order valence-electron chi connectivity index (χ0n) is 31.3. The molecule has 11 heteroatoms. The Kier molecular flexibility index (Phi) is 9.29. The van der Waals surface area contributed by atoms with E-state index in [-0.39, 0.29) is 30.3 Å². The van der Waals surface area contributed by atoms with E-state index in [4.69, 9.17) is 28.4 Å². The quantitative estimate of drug-likeness (QED) is 0.117. The molecule has 0 unspecified atom stereocenters. The lowest BCUT2D eigenvalue weighted by atomic mass is 9.43. The summed E-state index contributed by atoms with van der Waals surface area (Å²) >= 11 is 0. The predicted octanol–water partition coefficient (Wildman–Crippen LogP) is 4.80. The number of unbranched alkanes of at least 4 members (excludes halogenated alkanes) is 3. The van der Waals surface area contributed by atoms with E-state index in [2.05, 4.69) is 19.6 Å². The molecule has 284 valence electrons. The molecule has 0 aromatic carbocycles. The van der Waals surface area contributed by atoms with E-state index >= 15 is 0 Å². The second-order valence-electron chi connectivity index (χ2n) is 17.7. The SMILES string of the molecule is C=C1[C@@H](OC(=O)C(C)(C)[C@H](C)O)C[C@H]2C[C@@H]1[C@]21C[C@@]2(C[C@H](C)C(=O)O2)O[C@@H]1OCC1=C(/C=C/CCCCC)[C@@H](O)[C@@H]2O[C@@]23C[C@H](O)C(C)(C)O[C@@H]13. The first-order valence-corrected chi connectivity index (χ1v) is 19.1. The molecule has 2 bridgehead atoms. The Morgan fingerprint density at radius 3 is 2.53 bits per heavy atom. The molecule has 3 spiro atoms. The van der Waals surface area contributed by atoms with Crippen molar-refractivity contribution in [2.45, 2.75) is 166 Å². The second kappa shape index (κ2) is 12.7. The summed E-state index contributed by atoms with van der Waals surface area (Å²) < 4.78 is 38.5. The number of carbonyl (C=O) groups is 2. The first kappa shape index (κ1) is 37.2. The molecule has 4 aliphatic heterocycles. The van der Waals surface area contributed by atoms with E-state index < -0.39 is 76.7 Å². The number of rotatable bonds is 11. The van der Waals surface area contributed by atoms with Crippen molar-refractivity contribution in [1.29, 1.82) is 0 Å². The summed E-state index contributed by atoms with van der Waals surface area (Å²) in [7, 11) is 0. The topological polar surface area (TPSA) is 154 Å². The number of hydrogen-bond donors (Lipinski definition) is 3. The molecule has 4 heterocycles. The van der Waals surface area contributed by atoms with Gasteiger partial charge in [-0.1, -0.05) is 45.4 Å². The van der Waals surface area contributed by atoms with Gasteiger partial charge < -0.3 is 43.7 Å². The van der Waals surface area contributed by atoms with Crippen molar-refractivity contribution in [2.75, 3.05) is 6.61 Å². The summed E-state index contributed by atoms with van der Waals surface area (Å²) in [6, 6.07) is 0. The number of carbonyl (C=O) groups excluding carboxylic acids is 2. The van der Waals surface area contributed by atoms with Crippen molar-refractivity contribution in [2.24, 2.45) is 28.6 Å². The lowest BCUT2D eigenvalue weighted by molar-refractivity contribution is -0.277. The van der Waals surface area contributed by atoms with Crippen molar-refractivity contribution in [3.8, 4) is 0 Å². The maximum absolute atomic E-state index is 13.2.